The lowest BCUT2D eigenvalue weighted by atomic mass is 10.1. The van der Waals surface area contributed by atoms with Crippen LogP contribution >= 0.6 is 0 Å². The van der Waals surface area contributed by atoms with E-state index < -0.39 is 0 Å². The predicted molar refractivity (Wildman–Crippen MR) is 72.3 cm³/mol. The summed E-state index contributed by atoms with van der Waals surface area (Å²) in [6.45, 7) is 0.964. The second-order valence-corrected chi connectivity index (χ2v) is 4.94. The van der Waals surface area contributed by atoms with Gasteiger partial charge in [0, 0.05) is 23.7 Å². The number of likely N-dealkylation sites (N-methyl/N-ethyl adjacent to an activating group) is 1. The Labute approximate surface area is 107 Å². The van der Waals surface area contributed by atoms with Crippen molar-refractivity contribution in [2.45, 2.75) is 18.3 Å². The quantitative estimate of drug-likeness (QED) is 0.890. The van der Waals surface area contributed by atoms with Crippen LogP contribution in [0.2, 0.25) is 0 Å². The van der Waals surface area contributed by atoms with Crippen molar-refractivity contribution in [3.8, 4) is 11.3 Å². The smallest absolute Gasteiger partial charge is 0.136 e. The minimum atomic E-state index is 0.180. The molecule has 1 aliphatic carbocycles. The molecule has 0 unspecified atom stereocenters. The second kappa shape index (κ2) is 4.50. The molecule has 1 fully saturated rings. The van der Waals surface area contributed by atoms with Crippen molar-refractivity contribution in [3.05, 3.63) is 48.4 Å². The van der Waals surface area contributed by atoms with E-state index in [-0.39, 0.29) is 5.41 Å². The number of hydrogen-bond acceptors (Lipinski definition) is 3. The van der Waals surface area contributed by atoms with Crippen molar-refractivity contribution >= 4 is 0 Å². The van der Waals surface area contributed by atoms with Gasteiger partial charge >= 0.3 is 0 Å². The minimum absolute atomic E-state index is 0.180. The van der Waals surface area contributed by atoms with Crippen LogP contribution in [0.1, 0.15) is 18.7 Å². The van der Waals surface area contributed by atoms with Crippen LogP contribution < -0.4 is 5.32 Å². The summed E-state index contributed by atoms with van der Waals surface area (Å²) in [5.41, 5.74) is 2.35. The van der Waals surface area contributed by atoms with E-state index in [2.05, 4.69) is 22.4 Å². The van der Waals surface area contributed by atoms with Crippen molar-refractivity contribution < 1.29 is 0 Å². The summed E-state index contributed by atoms with van der Waals surface area (Å²) in [5.74, 6) is 0.984. The molecule has 3 rings (SSSR count). The number of nitrogens with zero attached hydrogens (tertiary/aromatic N) is 2. The van der Waals surface area contributed by atoms with E-state index in [0.29, 0.717) is 0 Å². The summed E-state index contributed by atoms with van der Waals surface area (Å²) in [4.78, 5) is 9.21. The summed E-state index contributed by atoms with van der Waals surface area (Å²) >= 11 is 0. The zero-order chi connectivity index (χ0) is 12.4. The van der Waals surface area contributed by atoms with E-state index in [1.807, 2.05) is 37.5 Å². The maximum absolute atomic E-state index is 4.74. The third-order valence-electron chi connectivity index (χ3n) is 3.57. The highest BCUT2D eigenvalue weighted by atomic mass is 15.0. The van der Waals surface area contributed by atoms with Crippen LogP contribution in [0.25, 0.3) is 11.3 Å². The molecule has 2 aromatic rings. The largest absolute Gasteiger partial charge is 0.319 e. The van der Waals surface area contributed by atoms with Crippen LogP contribution in [0, 0.1) is 0 Å². The Morgan fingerprint density at radius 3 is 2.61 bits per heavy atom. The van der Waals surface area contributed by atoms with E-state index in [4.69, 9.17) is 4.98 Å². The summed E-state index contributed by atoms with van der Waals surface area (Å²) < 4.78 is 0. The van der Waals surface area contributed by atoms with Crippen molar-refractivity contribution in [2.75, 3.05) is 13.6 Å². The van der Waals surface area contributed by atoms with Crippen LogP contribution in [0.5, 0.6) is 0 Å². The minimum Gasteiger partial charge on any atom is -0.319 e. The molecule has 0 saturated heterocycles. The molecular weight excluding hydrogens is 222 g/mol. The molecule has 0 radical (unpaired) electrons. The molecule has 1 aliphatic rings. The Kier molecular flexibility index (Phi) is 2.84. The number of benzene rings is 1. The molecule has 1 saturated carbocycles. The van der Waals surface area contributed by atoms with Crippen LogP contribution in [-0.4, -0.2) is 23.6 Å². The van der Waals surface area contributed by atoms with Gasteiger partial charge in [0.15, 0.2) is 0 Å². The normalized spacial score (nSPS) is 16.5. The standard InChI is InChI=1S/C15H17N3/c1-16-11-15(8-9-15)14-17-10-7-13(18-14)12-5-3-2-4-6-12/h2-7,10,16H,8-9,11H2,1H3. The highest BCUT2D eigenvalue weighted by Gasteiger charge is 2.46. The van der Waals surface area contributed by atoms with Gasteiger partial charge in [0.05, 0.1) is 5.69 Å². The van der Waals surface area contributed by atoms with Crippen molar-refractivity contribution in [1.82, 2.24) is 15.3 Å². The average Bonchev–Trinajstić information content (AvgIpc) is 3.21. The lowest BCUT2D eigenvalue weighted by Gasteiger charge is -2.13. The molecule has 0 bridgehead atoms. The van der Waals surface area contributed by atoms with E-state index in [0.717, 1.165) is 23.6 Å². The SMILES string of the molecule is CNCC1(c2nccc(-c3ccccc3)n2)CC1. The van der Waals surface area contributed by atoms with Gasteiger partial charge in [-0.2, -0.15) is 0 Å². The first-order valence-electron chi connectivity index (χ1n) is 6.38. The zero-order valence-electron chi connectivity index (χ0n) is 10.6. The third kappa shape index (κ3) is 2.02. The zero-order valence-corrected chi connectivity index (χ0v) is 10.6. The van der Waals surface area contributed by atoms with Crippen molar-refractivity contribution in [2.24, 2.45) is 0 Å². The van der Waals surface area contributed by atoms with Crippen molar-refractivity contribution in [1.29, 1.82) is 0 Å². The first-order valence-corrected chi connectivity index (χ1v) is 6.38. The molecule has 1 aromatic heterocycles. The maximum atomic E-state index is 4.74. The molecular formula is C15H17N3. The van der Waals surface area contributed by atoms with E-state index in [1.165, 1.54) is 12.8 Å². The van der Waals surface area contributed by atoms with Gasteiger partial charge < -0.3 is 5.32 Å². The van der Waals surface area contributed by atoms with Crippen LogP contribution in [0.3, 0.4) is 0 Å². The highest BCUT2D eigenvalue weighted by molar-refractivity contribution is 5.58. The van der Waals surface area contributed by atoms with Gasteiger partial charge in [-0.05, 0) is 26.0 Å². The molecule has 18 heavy (non-hydrogen) atoms. The molecule has 0 aliphatic heterocycles. The monoisotopic (exact) mass is 239 g/mol. The number of aromatic nitrogens is 2. The Bertz CT molecular complexity index is 532. The van der Waals surface area contributed by atoms with Crippen LogP contribution in [0.15, 0.2) is 42.6 Å². The predicted octanol–water partition coefficient (Wildman–Crippen LogP) is 2.39. The van der Waals surface area contributed by atoms with Gasteiger partial charge in [0.1, 0.15) is 5.82 Å². The molecule has 1 N–H and O–H groups in total. The number of rotatable bonds is 4. The van der Waals surface area contributed by atoms with E-state index in [9.17, 15) is 0 Å². The highest BCUT2D eigenvalue weighted by Crippen LogP contribution is 2.46. The van der Waals surface area contributed by atoms with Gasteiger partial charge in [-0.25, -0.2) is 9.97 Å². The molecule has 92 valence electrons. The number of hydrogen-bond donors (Lipinski definition) is 1. The lowest BCUT2D eigenvalue weighted by Crippen LogP contribution is -2.25. The molecule has 3 nitrogen and oxygen atoms in total. The topological polar surface area (TPSA) is 37.8 Å². The maximum Gasteiger partial charge on any atom is 0.136 e. The third-order valence-corrected chi connectivity index (χ3v) is 3.57. The molecule has 0 atom stereocenters. The second-order valence-electron chi connectivity index (χ2n) is 4.94. The fourth-order valence-corrected chi connectivity index (χ4v) is 2.35. The molecule has 3 heteroatoms. The summed E-state index contributed by atoms with van der Waals surface area (Å²) in [6.07, 6.45) is 4.25. The fraction of sp³-hybridized carbons (Fsp3) is 0.333. The van der Waals surface area contributed by atoms with E-state index >= 15 is 0 Å². The van der Waals surface area contributed by atoms with Gasteiger partial charge in [0.25, 0.3) is 0 Å². The van der Waals surface area contributed by atoms with Gasteiger partial charge in [-0.1, -0.05) is 30.3 Å². The number of nitrogens with one attached hydrogen (secondary N) is 1. The Morgan fingerprint density at radius 1 is 1.17 bits per heavy atom. The molecule has 0 spiro atoms. The molecule has 1 heterocycles. The average molecular weight is 239 g/mol. The Balaban J connectivity index is 1.95. The molecule has 1 aromatic carbocycles. The summed E-state index contributed by atoms with van der Waals surface area (Å²) in [5, 5.41) is 3.25. The Morgan fingerprint density at radius 2 is 1.94 bits per heavy atom. The van der Waals surface area contributed by atoms with Crippen LogP contribution in [0.4, 0.5) is 0 Å². The molecule has 0 amide bonds. The first kappa shape index (κ1) is 11.4. The van der Waals surface area contributed by atoms with E-state index in [1.54, 1.807) is 0 Å². The summed E-state index contributed by atoms with van der Waals surface area (Å²) in [6, 6.07) is 12.3. The van der Waals surface area contributed by atoms with Gasteiger partial charge in [-0.3, -0.25) is 0 Å². The Hall–Kier alpha value is -1.74. The fourth-order valence-electron chi connectivity index (χ4n) is 2.35. The van der Waals surface area contributed by atoms with Gasteiger partial charge in [-0.15, -0.1) is 0 Å². The van der Waals surface area contributed by atoms with Crippen LogP contribution in [-0.2, 0) is 5.41 Å². The van der Waals surface area contributed by atoms with Gasteiger partial charge in [0.2, 0.25) is 0 Å². The first-order chi connectivity index (χ1) is 8.84. The summed E-state index contributed by atoms with van der Waals surface area (Å²) in [7, 11) is 1.99. The lowest BCUT2D eigenvalue weighted by molar-refractivity contribution is 0.588. The van der Waals surface area contributed by atoms with Crippen molar-refractivity contribution in [3.63, 3.8) is 0 Å².